The molecule has 0 unspecified atom stereocenters. The van der Waals surface area contributed by atoms with Gasteiger partial charge in [0.1, 0.15) is 0 Å². The Hall–Kier alpha value is -2.38. The molecule has 1 N–H and O–H groups in total. The van der Waals surface area contributed by atoms with Gasteiger partial charge < -0.3 is 10.0 Å². The Morgan fingerprint density at radius 2 is 1.63 bits per heavy atom. The summed E-state index contributed by atoms with van der Waals surface area (Å²) in [5.74, 6) is -1.42. The van der Waals surface area contributed by atoms with Gasteiger partial charge in [0, 0.05) is 30.9 Å². The fourth-order valence-electron chi connectivity index (χ4n) is 4.90. The second-order valence-corrected chi connectivity index (χ2v) is 10.4. The number of sulfonamides is 1. The highest BCUT2D eigenvalue weighted by Crippen LogP contribution is 2.35. The molecule has 160 valence electrons. The average Bonchev–Trinajstić information content (AvgIpc) is 3.12. The van der Waals surface area contributed by atoms with Crippen molar-refractivity contribution < 1.29 is 18.3 Å². The Morgan fingerprint density at radius 1 is 1.00 bits per heavy atom. The highest BCUT2D eigenvalue weighted by atomic mass is 32.2. The van der Waals surface area contributed by atoms with Gasteiger partial charge in [-0.15, -0.1) is 0 Å². The van der Waals surface area contributed by atoms with Crippen LogP contribution in [0.4, 0.5) is 5.69 Å². The highest BCUT2D eigenvalue weighted by Gasteiger charge is 2.41. The van der Waals surface area contributed by atoms with Crippen molar-refractivity contribution in [3.05, 3.63) is 59.2 Å². The van der Waals surface area contributed by atoms with Crippen molar-refractivity contribution in [3.8, 4) is 0 Å². The topological polar surface area (TPSA) is 77.9 Å². The Bertz CT molecular complexity index is 1050. The van der Waals surface area contributed by atoms with E-state index in [9.17, 15) is 18.3 Å². The third-order valence-electron chi connectivity index (χ3n) is 6.29. The molecule has 1 aliphatic carbocycles. The molecule has 6 nitrogen and oxygen atoms in total. The monoisotopic (exact) mass is 428 g/mol. The van der Waals surface area contributed by atoms with E-state index >= 15 is 0 Å². The Balaban J connectivity index is 1.63. The molecule has 2 aromatic rings. The van der Waals surface area contributed by atoms with Crippen LogP contribution in [0, 0.1) is 12.8 Å². The van der Waals surface area contributed by atoms with Crippen molar-refractivity contribution in [1.82, 2.24) is 4.31 Å². The molecule has 1 heterocycles. The number of piperazine rings is 1. The Morgan fingerprint density at radius 3 is 2.23 bits per heavy atom. The second kappa shape index (κ2) is 7.71. The quantitative estimate of drug-likeness (QED) is 0.810. The van der Waals surface area contributed by atoms with E-state index in [1.54, 1.807) is 16.4 Å². The van der Waals surface area contributed by atoms with E-state index in [-0.39, 0.29) is 23.4 Å². The number of carboxylic acids is 1. The fraction of sp³-hybridized carbons (Fsp3) is 0.435. The van der Waals surface area contributed by atoms with Crippen molar-refractivity contribution >= 4 is 21.7 Å². The minimum atomic E-state index is -3.73. The predicted molar refractivity (Wildman–Crippen MR) is 116 cm³/mol. The van der Waals surface area contributed by atoms with Gasteiger partial charge in [-0.05, 0) is 62.9 Å². The summed E-state index contributed by atoms with van der Waals surface area (Å²) in [7, 11) is -3.73. The lowest BCUT2D eigenvalue weighted by atomic mass is 10.1. The second-order valence-electron chi connectivity index (χ2n) is 8.61. The number of aryl methyl sites for hydroxylation is 1. The van der Waals surface area contributed by atoms with E-state index in [1.165, 1.54) is 5.56 Å². The van der Waals surface area contributed by atoms with Crippen LogP contribution in [-0.4, -0.2) is 49.0 Å². The van der Waals surface area contributed by atoms with E-state index < -0.39 is 21.9 Å². The molecule has 0 spiro atoms. The molecule has 30 heavy (non-hydrogen) atoms. The minimum absolute atomic E-state index is 0.201. The van der Waals surface area contributed by atoms with Crippen molar-refractivity contribution in [2.75, 3.05) is 18.0 Å². The molecule has 1 saturated heterocycles. The smallest absolute Gasteiger partial charge is 0.307 e. The van der Waals surface area contributed by atoms with Crippen molar-refractivity contribution in [3.63, 3.8) is 0 Å². The third-order valence-corrected chi connectivity index (χ3v) is 8.50. The number of anilines is 1. The van der Waals surface area contributed by atoms with Crippen LogP contribution in [0.2, 0.25) is 0 Å². The average molecular weight is 429 g/mol. The number of aliphatic carboxylic acids is 1. The Kier molecular flexibility index (Phi) is 5.36. The summed E-state index contributed by atoms with van der Waals surface area (Å²) >= 11 is 0. The normalized spacial score (nSPS) is 24.6. The van der Waals surface area contributed by atoms with Gasteiger partial charge in [-0.2, -0.15) is 4.31 Å². The SMILES string of the molecule is Cc1ccc(N2C[C@@H](C)N(S(=O)(=O)c3cccc4c3C[C@H](C(=O)O)C4)[C@@H](C)C2)cc1. The van der Waals surface area contributed by atoms with Crippen LogP contribution in [0.3, 0.4) is 0 Å². The summed E-state index contributed by atoms with van der Waals surface area (Å²) in [5.41, 5.74) is 3.80. The number of carbonyl (C=O) groups is 1. The van der Waals surface area contributed by atoms with Crippen molar-refractivity contribution in [2.45, 2.75) is 50.6 Å². The van der Waals surface area contributed by atoms with Gasteiger partial charge in [-0.3, -0.25) is 4.79 Å². The van der Waals surface area contributed by atoms with Crippen LogP contribution in [0.15, 0.2) is 47.4 Å². The lowest BCUT2D eigenvalue weighted by Crippen LogP contribution is -2.58. The first-order chi connectivity index (χ1) is 14.2. The molecule has 1 fully saturated rings. The molecule has 3 atom stereocenters. The van der Waals surface area contributed by atoms with Crippen LogP contribution in [0.1, 0.15) is 30.5 Å². The molecular weight excluding hydrogens is 400 g/mol. The molecular formula is C23H28N2O4S. The van der Waals surface area contributed by atoms with Crippen LogP contribution in [-0.2, 0) is 27.7 Å². The van der Waals surface area contributed by atoms with E-state index in [0.29, 0.717) is 25.1 Å². The molecule has 2 aliphatic rings. The molecule has 0 saturated carbocycles. The lowest BCUT2D eigenvalue weighted by Gasteiger charge is -2.44. The number of nitrogens with zero attached hydrogens (tertiary/aromatic N) is 2. The van der Waals surface area contributed by atoms with Gasteiger partial charge in [0.05, 0.1) is 10.8 Å². The zero-order valence-electron chi connectivity index (χ0n) is 17.6. The standard InChI is InChI=1S/C23H28N2O4S/c1-15-7-9-20(10-8-15)24-13-16(2)25(17(3)14-24)30(28,29)22-6-4-5-18-11-19(23(26)27)12-21(18)22/h4-10,16-17,19H,11-14H2,1-3H3,(H,26,27)/t16-,17+,19-/m1/s1. The molecule has 1 aliphatic heterocycles. The predicted octanol–water partition coefficient (Wildman–Crippen LogP) is 3.08. The van der Waals surface area contributed by atoms with Gasteiger partial charge in [0.15, 0.2) is 0 Å². The van der Waals surface area contributed by atoms with Crippen molar-refractivity contribution in [2.24, 2.45) is 5.92 Å². The fourth-order valence-corrected chi connectivity index (χ4v) is 6.98. The zero-order chi connectivity index (χ0) is 21.6. The summed E-state index contributed by atoms with van der Waals surface area (Å²) in [6, 6.07) is 13.1. The number of benzene rings is 2. The van der Waals surface area contributed by atoms with Crippen LogP contribution >= 0.6 is 0 Å². The van der Waals surface area contributed by atoms with Gasteiger partial charge >= 0.3 is 5.97 Å². The first-order valence-corrected chi connectivity index (χ1v) is 11.8. The molecule has 0 amide bonds. The first-order valence-electron chi connectivity index (χ1n) is 10.4. The van der Waals surface area contributed by atoms with Gasteiger partial charge in [0.2, 0.25) is 10.0 Å². The largest absolute Gasteiger partial charge is 0.481 e. The maximum Gasteiger partial charge on any atom is 0.307 e. The third kappa shape index (κ3) is 3.61. The van der Waals surface area contributed by atoms with Crippen LogP contribution in [0.25, 0.3) is 0 Å². The Labute approximate surface area is 178 Å². The first kappa shape index (κ1) is 20.9. The summed E-state index contributed by atoms with van der Waals surface area (Å²) < 4.78 is 29.0. The molecule has 0 aromatic heterocycles. The minimum Gasteiger partial charge on any atom is -0.481 e. The van der Waals surface area contributed by atoms with E-state index in [0.717, 1.165) is 11.3 Å². The van der Waals surface area contributed by atoms with Crippen LogP contribution in [0.5, 0.6) is 0 Å². The molecule has 4 rings (SSSR count). The summed E-state index contributed by atoms with van der Waals surface area (Å²) in [5, 5.41) is 9.40. The number of fused-ring (bicyclic) bond motifs is 1. The number of hydrogen-bond acceptors (Lipinski definition) is 4. The highest BCUT2D eigenvalue weighted by molar-refractivity contribution is 7.89. The number of rotatable bonds is 4. The molecule has 2 aromatic carbocycles. The molecule has 0 radical (unpaired) electrons. The molecule has 7 heteroatoms. The van der Waals surface area contributed by atoms with E-state index in [2.05, 4.69) is 29.2 Å². The van der Waals surface area contributed by atoms with Gasteiger partial charge in [-0.25, -0.2) is 8.42 Å². The molecule has 0 bridgehead atoms. The number of hydrogen-bond donors (Lipinski definition) is 1. The van der Waals surface area contributed by atoms with Gasteiger partial charge in [0.25, 0.3) is 0 Å². The van der Waals surface area contributed by atoms with Crippen LogP contribution < -0.4 is 4.90 Å². The van der Waals surface area contributed by atoms with Gasteiger partial charge in [-0.1, -0.05) is 29.8 Å². The van der Waals surface area contributed by atoms with Crippen molar-refractivity contribution in [1.29, 1.82) is 0 Å². The number of carboxylic acid groups (broad SMARTS) is 1. The van der Waals surface area contributed by atoms with E-state index in [1.807, 2.05) is 26.8 Å². The lowest BCUT2D eigenvalue weighted by molar-refractivity contribution is -0.141. The zero-order valence-corrected chi connectivity index (χ0v) is 18.4. The maximum atomic E-state index is 13.7. The summed E-state index contributed by atoms with van der Waals surface area (Å²) in [4.78, 5) is 14.0. The maximum absolute atomic E-state index is 13.7. The summed E-state index contributed by atoms with van der Waals surface area (Å²) in [6.45, 7) is 7.15. The van der Waals surface area contributed by atoms with E-state index in [4.69, 9.17) is 0 Å². The summed E-state index contributed by atoms with van der Waals surface area (Å²) in [6.07, 6.45) is 0.659.